The van der Waals surface area contributed by atoms with Crippen LogP contribution in [0.25, 0.3) is 21.8 Å². The molecule has 3 heterocycles. The zero-order valence-electron chi connectivity index (χ0n) is 16.4. The Morgan fingerprint density at radius 1 is 1.07 bits per heavy atom. The molecule has 29 heavy (non-hydrogen) atoms. The van der Waals surface area contributed by atoms with Crippen molar-refractivity contribution in [3.05, 3.63) is 50.0 Å². The maximum atomic E-state index is 15.9. The number of likely N-dealkylation sites (N-methyl/N-ethyl adjacent to an activating group) is 1. The summed E-state index contributed by atoms with van der Waals surface area (Å²) in [5.74, 6) is -1.47. The van der Waals surface area contributed by atoms with E-state index in [4.69, 9.17) is 0 Å². The van der Waals surface area contributed by atoms with Gasteiger partial charge in [0.15, 0.2) is 5.82 Å². The Bertz CT molecular complexity index is 1270. The number of hydrogen-bond donors (Lipinski definition) is 1. The Labute approximate surface area is 165 Å². The van der Waals surface area contributed by atoms with Crippen molar-refractivity contribution in [2.24, 2.45) is 0 Å². The number of benzene rings is 1. The van der Waals surface area contributed by atoms with E-state index in [0.29, 0.717) is 37.3 Å². The topological polar surface area (TPSA) is 61.3 Å². The van der Waals surface area contributed by atoms with Crippen LogP contribution in [0.3, 0.4) is 0 Å². The number of fused-ring (bicyclic) bond motifs is 2. The van der Waals surface area contributed by atoms with E-state index in [2.05, 4.69) is 9.88 Å². The number of aromatic amines is 1. The molecule has 0 bridgehead atoms. The molecule has 1 aliphatic heterocycles. The van der Waals surface area contributed by atoms with Crippen molar-refractivity contribution >= 4 is 27.5 Å². The number of rotatable bonds is 2. The highest BCUT2D eigenvalue weighted by Crippen LogP contribution is 2.42. The summed E-state index contributed by atoms with van der Waals surface area (Å²) in [6.07, 6.45) is 3.21. The highest BCUT2D eigenvalue weighted by Gasteiger charge is 2.32. The summed E-state index contributed by atoms with van der Waals surface area (Å²) in [6.45, 7) is 4.22. The maximum absolute atomic E-state index is 15.9. The van der Waals surface area contributed by atoms with Crippen LogP contribution in [0, 0.1) is 18.6 Å². The summed E-state index contributed by atoms with van der Waals surface area (Å²) >= 11 is 0. The number of pyridine rings is 2. The van der Waals surface area contributed by atoms with Crippen LogP contribution in [0.1, 0.15) is 24.4 Å². The summed E-state index contributed by atoms with van der Waals surface area (Å²) in [7, 11) is 1.97. The Morgan fingerprint density at radius 2 is 1.76 bits per heavy atom. The van der Waals surface area contributed by atoms with Crippen LogP contribution >= 0.6 is 0 Å². The van der Waals surface area contributed by atoms with Crippen LogP contribution in [-0.2, 0) is 0 Å². The standard InChI is InChI=1S/C21H22F2N4O2/c1-11-10-24-21(29)15-17(11)27(12-3-4-12)18-13(20(15)28)9-14(22)19(16(18)23)26-7-5-25(2)6-8-26/h9-10,12H,3-8H2,1-2H3,(H,24,29). The fourth-order valence-corrected chi connectivity index (χ4v) is 4.41. The number of aryl methyl sites for hydroxylation is 1. The number of nitrogens with one attached hydrogen (secondary N) is 1. The molecule has 3 aromatic rings. The highest BCUT2D eigenvalue weighted by atomic mass is 19.1. The lowest BCUT2D eigenvalue weighted by atomic mass is 10.1. The molecule has 1 aromatic carbocycles. The second kappa shape index (κ2) is 6.38. The van der Waals surface area contributed by atoms with Gasteiger partial charge in [-0.15, -0.1) is 0 Å². The molecular weight excluding hydrogens is 378 g/mol. The predicted octanol–water partition coefficient (Wildman–Crippen LogP) is 2.52. The van der Waals surface area contributed by atoms with Gasteiger partial charge in [0.25, 0.3) is 5.56 Å². The molecule has 5 rings (SSSR count). The molecule has 1 N–H and O–H groups in total. The first-order valence-electron chi connectivity index (χ1n) is 9.90. The lowest BCUT2D eigenvalue weighted by Crippen LogP contribution is -2.45. The number of nitrogens with zero attached hydrogens (tertiary/aromatic N) is 3. The van der Waals surface area contributed by atoms with E-state index in [1.807, 2.05) is 7.05 Å². The predicted molar refractivity (Wildman–Crippen MR) is 109 cm³/mol. The van der Waals surface area contributed by atoms with E-state index in [9.17, 15) is 9.59 Å². The summed E-state index contributed by atoms with van der Waals surface area (Å²) in [4.78, 5) is 31.9. The third-order valence-corrected chi connectivity index (χ3v) is 6.11. The van der Waals surface area contributed by atoms with Gasteiger partial charge >= 0.3 is 0 Å². The van der Waals surface area contributed by atoms with Gasteiger partial charge in [-0.2, -0.15) is 0 Å². The SMILES string of the molecule is Cc1c[nH]c(=O)c2c(=O)c3cc(F)c(N4CCN(C)CC4)c(F)c3n(C3CC3)c12. The van der Waals surface area contributed by atoms with Gasteiger partial charge in [0, 0.05) is 38.4 Å². The molecule has 0 amide bonds. The lowest BCUT2D eigenvalue weighted by Gasteiger charge is -2.34. The first-order chi connectivity index (χ1) is 13.9. The number of anilines is 1. The summed E-state index contributed by atoms with van der Waals surface area (Å²) in [5, 5.41) is -0.107. The van der Waals surface area contributed by atoms with Crippen molar-refractivity contribution in [3.8, 4) is 0 Å². The second-order valence-electron chi connectivity index (χ2n) is 8.16. The number of piperazine rings is 1. The normalized spacial score (nSPS) is 18.1. The van der Waals surface area contributed by atoms with E-state index >= 15 is 8.78 Å². The Balaban J connectivity index is 1.91. The molecule has 8 heteroatoms. The van der Waals surface area contributed by atoms with Crippen LogP contribution in [0.5, 0.6) is 0 Å². The summed E-state index contributed by atoms with van der Waals surface area (Å²) in [5.41, 5.74) is 0.00432. The van der Waals surface area contributed by atoms with Gasteiger partial charge < -0.3 is 19.4 Å². The first-order valence-corrected chi connectivity index (χ1v) is 9.90. The van der Waals surface area contributed by atoms with Crippen LogP contribution in [0.4, 0.5) is 14.5 Å². The molecule has 0 unspecified atom stereocenters. The quantitative estimate of drug-likeness (QED) is 0.672. The third kappa shape index (κ3) is 2.69. The van der Waals surface area contributed by atoms with Gasteiger partial charge in [0.2, 0.25) is 5.43 Å². The van der Waals surface area contributed by atoms with E-state index in [1.54, 1.807) is 16.4 Å². The van der Waals surface area contributed by atoms with Crippen molar-refractivity contribution in [2.45, 2.75) is 25.8 Å². The summed E-state index contributed by atoms with van der Waals surface area (Å²) < 4.78 is 32.7. The Kier molecular flexibility index (Phi) is 4.03. The van der Waals surface area contributed by atoms with E-state index < -0.39 is 22.6 Å². The number of aromatic nitrogens is 2. The van der Waals surface area contributed by atoms with Crippen LogP contribution in [0.2, 0.25) is 0 Å². The minimum absolute atomic E-state index is 0.00130. The highest BCUT2D eigenvalue weighted by molar-refractivity contribution is 5.96. The average Bonchev–Trinajstić information content (AvgIpc) is 3.52. The van der Waals surface area contributed by atoms with Gasteiger partial charge in [-0.05, 0) is 38.4 Å². The van der Waals surface area contributed by atoms with Crippen molar-refractivity contribution in [1.29, 1.82) is 0 Å². The molecule has 0 radical (unpaired) electrons. The molecular formula is C21H22F2N4O2. The van der Waals surface area contributed by atoms with Crippen molar-refractivity contribution in [2.75, 3.05) is 38.1 Å². The first kappa shape index (κ1) is 18.3. The average molecular weight is 400 g/mol. The maximum Gasteiger partial charge on any atom is 0.261 e. The lowest BCUT2D eigenvalue weighted by molar-refractivity contribution is 0.310. The van der Waals surface area contributed by atoms with Gasteiger partial charge in [0.1, 0.15) is 16.9 Å². The van der Waals surface area contributed by atoms with Crippen LogP contribution in [-0.4, -0.2) is 47.7 Å². The fourth-order valence-electron chi connectivity index (χ4n) is 4.41. The minimum atomic E-state index is -0.762. The van der Waals surface area contributed by atoms with Crippen molar-refractivity contribution in [3.63, 3.8) is 0 Å². The molecule has 152 valence electrons. The van der Waals surface area contributed by atoms with E-state index in [0.717, 1.165) is 18.9 Å². The van der Waals surface area contributed by atoms with Gasteiger partial charge in [-0.1, -0.05) is 0 Å². The molecule has 6 nitrogen and oxygen atoms in total. The van der Waals surface area contributed by atoms with E-state index in [-0.39, 0.29) is 28.0 Å². The van der Waals surface area contributed by atoms with Gasteiger partial charge in [-0.3, -0.25) is 9.59 Å². The molecule has 1 aliphatic carbocycles. The minimum Gasteiger partial charge on any atom is -0.364 e. The van der Waals surface area contributed by atoms with Gasteiger partial charge in [-0.25, -0.2) is 8.78 Å². The van der Waals surface area contributed by atoms with E-state index in [1.165, 1.54) is 6.20 Å². The van der Waals surface area contributed by atoms with Crippen LogP contribution in [0.15, 0.2) is 21.9 Å². The molecule has 2 fully saturated rings. The molecule has 0 spiro atoms. The number of H-pyrrole nitrogens is 1. The van der Waals surface area contributed by atoms with Crippen molar-refractivity contribution < 1.29 is 8.78 Å². The van der Waals surface area contributed by atoms with Crippen molar-refractivity contribution in [1.82, 2.24) is 14.5 Å². The monoisotopic (exact) mass is 400 g/mol. The molecule has 2 aliphatic rings. The largest absolute Gasteiger partial charge is 0.364 e. The third-order valence-electron chi connectivity index (χ3n) is 6.11. The van der Waals surface area contributed by atoms with Crippen LogP contribution < -0.4 is 15.9 Å². The zero-order valence-corrected chi connectivity index (χ0v) is 16.4. The molecule has 1 saturated carbocycles. The fraction of sp³-hybridized carbons (Fsp3) is 0.429. The second-order valence-corrected chi connectivity index (χ2v) is 8.16. The number of halogens is 2. The van der Waals surface area contributed by atoms with Gasteiger partial charge in [0.05, 0.1) is 16.4 Å². The zero-order chi connectivity index (χ0) is 20.4. The molecule has 2 aromatic heterocycles. The smallest absolute Gasteiger partial charge is 0.261 e. The molecule has 1 saturated heterocycles. The number of hydrogen-bond acceptors (Lipinski definition) is 4. The molecule has 0 atom stereocenters. The summed E-state index contributed by atoms with van der Waals surface area (Å²) in [6, 6.07) is 1.11. The Morgan fingerprint density at radius 3 is 2.41 bits per heavy atom. The Hall–Kier alpha value is -2.74.